The summed E-state index contributed by atoms with van der Waals surface area (Å²) in [5, 5.41) is 1.34. The SMILES string of the molecule is NC(=O)c1cccc2c1c1[c]ccc(Cl)c1n2Cc1cc(F)cc(F)c1F. The normalized spacial score (nSPS) is 11.4. The van der Waals surface area contributed by atoms with Crippen molar-refractivity contribution in [1.82, 2.24) is 4.57 Å². The molecule has 1 amide bonds. The van der Waals surface area contributed by atoms with Gasteiger partial charge in [0.05, 0.1) is 22.6 Å². The third-order valence-corrected chi connectivity index (χ3v) is 4.74. The van der Waals surface area contributed by atoms with Crippen LogP contribution in [0.25, 0.3) is 21.8 Å². The summed E-state index contributed by atoms with van der Waals surface area (Å²) in [4.78, 5) is 11.9. The average Bonchev–Trinajstić information content (AvgIpc) is 2.94. The van der Waals surface area contributed by atoms with Gasteiger partial charge in [-0.15, -0.1) is 0 Å². The molecule has 1 aromatic heterocycles. The summed E-state index contributed by atoms with van der Waals surface area (Å²) < 4.78 is 43.0. The molecule has 0 saturated heterocycles. The minimum atomic E-state index is -1.28. The molecule has 3 aromatic carbocycles. The number of nitrogens with two attached hydrogens (primary N) is 1. The number of fused-ring (bicyclic) bond motifs is 3. The van der Waals surface area contributed by atoms with Gasteiger partial charge in [0.1, 0.15) is 5.82 Å². The quantitative estimate of drug-likeness (QED) is 0.504. The number of hydrogen-bond donors (Lipinski definition) is 1. The molecule has 1 heterocycles. The summed E-state index contributed by atoms with van der Waals surface area (Å²) in [5.74, 6) is -3.95. The number of aromatic nitrogens is 1. The molecule has 4 rings (SSSR count). The molecular formula is C20H11ClF3N2O. The maximum absolute atomic E-state index is 14.2. The zero-order valence-electron chi connectivity index (χ0n) is 13.7. The summed E-state index contributed by atoms with van der Waals surface area (Å²) in [5.41, 5.74) is 6.53. The number of nitrogens with zero attached hydrogens (tertiary/aromatic N) is 1. The van der Waals surface area contributed by atoms with Crippen LogP contribution in [-0.2, 0) is 6.54 Å². The number of carbonyl (C=O) groups is 1. The minimum absolute atomic E-state index is 0.185. The molecule has 0 bridgehead atoms. The molecular weight excluding hydrogens is 377 g/mol. The van der Waals surface area contributed by atoms with Crippen molar-refractivity contribution in [3.05, 3.63) is 82.1 Å². The smallest absolute Gasteiger partial charge is 0.249 e. The average molecular weight is 388 g/mol. The molecule has 0 aliphatic heterocycles. The monoisotopic (exact) mass is 387 g/mol. The second-order valence-corrected chi connectivity index (χ2v) is 6.47. The summed E-state index contributed by atoms with van der Waals surface area (Å²) in [6.45, 7) is -0.194. The van der Waals surface area contributed by atoms with E-state index in [0.29, 0.717) is 32.9 Å². The van der Waals surface area contributed by atoms with Crippen molar-refractivity contribution in [2.45, 2.75) is 6.54 Å². The molecule has 27 heavy (non-hydrogen) atoms. The largest absolute Gasteiger partial charge is 0.366 e. The van der Waals surface area contributed by atoms with Gasteiger partial charge in [0.25, 0.3) is 0 Å². The molecule has 0 aliphatic carbocycles. The number of rotatable bonds is 3. The lowest BCUT2D eigenvalue weighted by Gasteiger charge is -2.10. The molecule has 1 radical (unpaired) electrons. The Hall–Kier alpha value is -2.99. The third-order valence-electron chi connectivity index (χ3n) is 4.44. The summed E-state index contributed by atoms with van der Waals surface area (Å²) in [6, 6.07) is 12.5. The van der Waals surface area contributed by atoms with Crippen molar-refractivity contribution in [3.63, 3.8) is 0 Å². The van der Waals surface area contributed by atoms with Gasteiger partial charge in [-0.1, -0.05) is 23.7 Å². The van der Waals surface area contributed by atoms with E-state index in [1.807, 2.05) is 0 Å². The van der Waals surface area contributed by atoms with E-state index in [9.17, 15) is 18.0 Å². The fraction of sp³-hybridized carbons (Fsp3) is 0.0500. The fourth-order valence-corrected chi connectivity index (χ4v) is 3.59. The van der Waals surface area contributed by atoms with Crippen LogP contribution in [0.3, 0.4) is 0 Å². The van der Waals surface area contributed by atoms with Crippen LogP contribution in [0.4, 0.5) is 13.2 Å². The highest BCUT2D eigenvalue weighted by atomic mass is 35.5. The molecule has 0 spiro atoms. The van der Waals surface area contributed by atoms with Gasteiger partial charge in [-0.2, -0.15) is 0 Å². The number of carbonyl (C=O) groups excluding carboxylic acids is 1. The van der Waals surface area contributed by atoms with Gasteiger partial charge in [0.2, 0.25) is 5.91 Å². The highest BCUT2D eigenvalue weighted by molar-refractivity contribution is 6.36. The molecule has 0 aliphatic rings. The first-order chi connectivity index (χ1) is 12.9. The Morgan fingerprint density at radius 2 is 1.96 bits per heavy atom. The summed E-state index contributed by atoms with van der Waals surface area (Å²) in [7, 11) is 0. The van der Waals surface area contributed by atoms with E-state index in [1.165, 1.54) is 0 Å². The van der Waals surface area contributed by atoms with Gasteiger partial charge in [-0.05, 0) is 30.3 Å². The predicted octanol–water partition coefficient (Wildman–Crippen LogP) is 4.81. The van der Waals surface area contributed by atoms with Gasteiger partial charge in [0.15, 0.2) is 11.6 Å². The van der Waals surface area contributed by atoms with Crippen LogP contribution in [-0.4, -0.2) is 10.5 Å². The molecule has 3 nitrogen and oxygen atoms in total. The van der Waals surface area contributed by atoms with Crippen molar-refractivity contribution in [2.75, 3.05) is 0 Å². The van der Waals surface area contributed by atoms with Crippen molar-refractivity contribution in [2.24, 2.45) is 5.73 Å². The van der Waals surface area contributed by atoms with Crippen LogP contribution in [0.2, 0.25) is 5.02 Å². The second-order valence-electron chi connectivity index (χ2n) is 6.06. The Balaban J connectivity index is 2.08. The Morgan fingerprint density at radius 1 is 1.19 bits per heavy atom. The predicted molar refractivity (Wildman–Crippen MR) is 97.2 cm³/mol. The maximum atomic E-state index is 14.2. The van der Waals surface area contributed by atoms with Crippen molar-refractivity contribution < 1.29 is 18.0 Å². The lowest BCUT2D eigenvalue weighted by molar-refractivity contribution is 0.100. The van der Waals surface area contributed by atoms with E-state index in [-0.39, 0.29) is 17.7 Å². The van der Waals surface area contributed by atoms with Gasteiger partial charge in [0, 0.05) is 28.0 Å². The van der Waals surface area contributed by atoms with Gasteiger partial charge in [-0.3, -0.25) is 4.79 Å². The van der Waals surface area contributed by atoms with Gasteiger partial charge in [-0.25, -0.2) is 13.2 Å². The molecule has 0 fully saturated rings. The topological polar surface area (TPSA) is 48.0 Å². The van der Waals surface area contributed by atoms with E-state index in [1.54, 1.807) is 34.9 Å². The third kappa shape index (κ3) is 2.73. The molecule has 0 atom stereocenters. The molecule has 0 unspecified atom stereocenters. The van der Waals surface area contributed by atoms with E-state index in [2.05, 4.69) is 6.07 Å². The highest BCUT2D eigenvalue weighted by Crippen LogP contribution is 2.36. The number of primary amides is 1. The zero-order chi connectivity index (χ0) is 19.3. The van der Waals surface area contributed by atoms with Crippen LogP contribution < -0.4 is 5.73 Å². The lowest BCUT2D eigenvalue weighted by atomic mass is 10.1. The summed E-state index contributed by atoms with van der Waals surface area (Å²) >= 11 is 6.34. The Morgan fingerprint density at radius 3 is 2.70 bits per heavy atom. The van der Waals surface area contributed by atoms with Gasteiger partial charge >= 0.3 is 0 Å². The Bertz CT molecular complexity index is 1230. The Kier molecular flexibility index (Phi) is 4.08. The fourth-order valence-electron chi connectivity index (χ4n) is 3.33. The molecule has 2 N–H and O–H groups in total. The first-order valence-electron chi connectivity index (χ1n) is 7.93. The van der Waals surface area contributed by atoms with Gasteiger partial charge < -0.3 is 10.3 Å². The standard InChI is InChI=1S/C20H11ClF3N2O/c21-14-5-1-3-12-17-13(20(25)27)4-2-6-16(17)26(19(12)14)9-10-7-11(22)8-15(23)18(10)24/h1-2,4-8H,9H2,(H2,25,27). The maximum Gasteiger partial charge on any atom is 0.249 e. The van der Waals surface area contributed by atoms with Crippen molar-refractivity contribution >= 4 is 39.3 Å². The number of benzene rings is 3. The molecule has 135 valence electrons. The minimum Gasteiger partial charge on any atom is -0.366 e. The summed E-state index contributed by atoms with van der Waals surface area (Å²) in [6.07, 6.45) is 0. The van der Waals surface area contributed by atoms with Crippen LogP contribution in [0.15, 0.2) is 42.5 Å². The first kappa shape index (κ1) is 17.4. The Labute approximate surface area is 156 Å². The van der Waals surface area contributed by atoms with E-state index < -0.39 is 23.4 Å². The number of halogens is 4. The lowest BCUT2D eigenvalue weighted by Crippen LogP contribution is -2.11. The molecule has 0 saturated carbocycles. The van der Waals surface area contributed by atoms with E-state index >= 15 is 0 Å². The number of hydrogen-bond acceptors (Lipinski definition) is 1. The van der Waals surface area contributed by atoms with Crippen LogP contribution in [0.1, 0.15) is 15.9 Å². The highest BCUT2D eigenvalue weighted by Gasteiger charge is 2.20. The van der Waals surface area contributed by atoms with Crippen LogP contribution >= 0.6 is 11.6 Å². The van der Waals surface area contributed by atoms with Crippen molar-refractivity contribution in [1.29, 1.82) is 0 Å². The number of amides is 1. The van der Waals surface area contributed by atoms with Crippen LogP contribution in [0, 0.1) is 23.5 Å². The second kappa shape index (κ2) is 6.32. The van der Waals surface area contributed by atoms with E-state index in [0.717, 1.165) is 6.07 Å². The first-order valence-corrected chi connectivity index (χ1v) is 8.30. The zero-order valence-corrected chi connectivity index (χ0v) is 14.4. The molecule has 7 heteroatoms. The van der Waals surface area contributed by atoms with Crippen molar-refractivity contribution in [3.8, 4) is 0 Å². The van der Waals surface area contributed by atoms with E-state index in [4.69, 9.17) is 17.3 Å². The molecule has 4 aromatic rings. The van der Waals surface area contributed by atoms with Crippen LogP contribution in [0.5, 0.6) is 0 Å².